The van der Waals surface area contributed by atoms with Gasteiger partial charge in [-0.3, -0.25) is 4.79 Å². The molecule has 2 rings (SSSR count). The van der Waals surface area contributed by atoms with E-state index in [0.29, 0.717) is 6.04 Å². The third-order valence-electron chi connectivity index (χ3n) is 3.96. The Balaban J connectivity index is 0.000000450. The van der Waals surface area contributed by atoms with Crippen LogP contribution in [0.1, 0.15) is 44.6 Å². The maximum absolute atomic E-state index is 12.1. The number of benzene rings is 1. The highest BCUT2D eigenvalue weighted by molar-refractivity contribution is 6.27. The zero-order valence-corrected chi connectivity index (χ0v) is 14.6. The Morgan fingerprint density at radius 1 is 1.00 bits per heavy atom. The van der Waals surface area contributed by atoms with E-state index in [9.17, 15) is 4.79 Å². The number of hydrogen-bond acceptors (Lipinski definition) is 4. The topological polar surface area (TPSA) is 116 Å². The second-order valence-corrected chi connectivity index (χ2v) is 6.19. The minimum absolute atomic E-state index is 0.104. The Morgan fingerprint density at radius 2 is 1.52 bits per heavy atom. The van der Waals surface area contributed by atoms with Crippen molar-refractivity contribution >= 4 is 23.5 Å². The van der Waals surface area contributed by atoms with Crippen molar-refractivity contribution in [3.8, 4) is 0 Å². The quantitative estimate of drug-likeness (QED) is 0.620. The van der Waals surface area contributed by atoms with E-state index in [1.54, 1.807) is 0 Å². The monoisotopic (exact) mass is 350 g/mol. The van der Waals surface area contributed by atoms with Gasteiger partial charge in [0.05, 0.1) is 0 Å². The summed E-state index contributed by atoms with van der Waals surface area (Å²) in [5.74, 6) is -3.54. The van der Waals surface area contributed by atoms with Gasteiger partial charge in [-0.05, 0) is 38.8 Å². The number of amides is 1. The molecule has 1 aromatic rings. The van der Waals surface area contributed by atoms with Gasteiger partial charge in [0, 0.05) is 11.7 Å². The van der Waals surface area contributed by atoms with Gasteiger partial charge in [0.1, 0.15) is 6.04 Å². The van der Waals surface area contributed by atoms with Crippen LogP contribution in [0.2, 0.25) is 0 Å². The number of anilines is 1. The molecule has 1 aliphatic rings. The maximum atomic E-state index is 12.1. The lowest BCUT2D eigenvalue weighted by Crippen LogP contribution is -2.43. The van der Waals surface area contributed by atoms with Crippen LogP contribution in [0, 0.1) is 6.92 Å². The molecule has 138 valence electrons. The fraction of sp³-hybridized carbons (Fsp3) is 0.500. The number of carbonyl (C=O) groups is 3. The standard InChI is InChI=1S/C16H24N2O.C2H2O4/c1-12-8-10-15(11-9-12)17-13(2)16(19)18-14-6-4-3-5-7-14;3-1(4)2(5)6/h8-11,13-14,17H,3-7H2,1-2H3,(H,18,19);(H,3,4)(H,5,6). The molecule has 1 atom stereocenters. The predicted molar refractivity (Wildman–Crippen MR) is 94.6 cm³/mol. The Morgan fingerprint density at radius 3 is 2.00 bits per heavy atom. The van der Waals surface area contributed by atoms with Gasteiger partial charge in [-0.25, -0.2) is 9.59 Å². The molecule has 0 aromatic heterocycles. The van der Waals surface area contributed by atoms with Crippen molar-refractivity contribution in [2.45, 2.75) is 58.0 Å². The van der Waals surface area contributed by atoms with Crippen LogP contribution in [-0.2, 0) is 14.4 Å². The smallest absolute Gasteiger partial charge is 0.414 e. The summed E-state index contributed by atoms with van der Waals surface area (Å²) in [6, 6.07) is 8.31. The van der Waals surface area contributed by atoms with E-state index < -0.39 is 11.9 Å². The van der Waals surface area contributed by atoms with Gasteiger partial charge in [-0.2, -0.15) is 0 Å². The van der Waals surface area contributed by atoms with E-state index in [1.807, 2.05) is 31.2 Å². The van der Waals surface area contributed by atoms with Crippen LogP contribution in [0.3, 0.4) is 0 Å². The van der Waals surface area contributed by atoms with E-state index in [2.05, 4.69) is 17.6 Å². The average Bonchev–Trinajstić information content (AvgIpc) is 2.58. The molecule has 7 nitrogen and oxygen atoms in total. The number of hydrogen-bond donors (Lipinski definition) is 4. The lowest BCUT2D eigenvalue weighted by molar-refractivity contribution is -0.159. The molecule has 1 aliphatic carbocycles. The average molecular weight is 350 g/mol. The normalized spacial score (nSPS) is 15.3. The SMILES string of the molecule is Cc1ccc(NC(C)C(=O)NC2CCCCC2)cc1.O=C(O)C(=O)O. The molecular weight excluding hydrogens is 324 g/mol. The minimum atomic E-state index is -1.82. The van der Waals surface area contributed by atoms with Crippen molar-refractivity contribution < 1.29 is 24.6 Å². The number of nitrogens with one attached hydrogen (secondary N) is 2. The minimum Gasteiger partial charge on any atom is -0.473 e. The van der Waals surface area contributed by atoms with Crippen LogP contribution in [0.5, 0.6) is 0 Å². The molecule has 0 radical (unpaired) electrons. The van der Waals surface area contributed by atoms with E-state index in [-0.39, 0.29) is 11.9 Å². The summed E-state index contributed by atoms with van der Waals surface area (Å²) in [4.78, 5) is 30.3. The number of aryl methyl sites for hydroxylation is 1. The van der Waals surface area contributed by atoms with E-state index >= 15 is 0 Å². The fourth-order valence-corrected chi connectivity index (χ4v) is 2.54. The number of carboxylic acid groups (broad SMARTS) is 2. The first-order chi connectivity index (χ1) is 11.8. The largest absolute Gasteiger partial charge is 0.473 e. The van der Waals surface area contributed by atoms with E-state index in [0.717, 1.165) is 18.5 Å². The summed E-state index contributed by atoms with van der Waals surface area (Å²) in [6.07, 6.45) is 6.05. The van der Waals surface area contributed by atoms with Gasteiger partial charge in [-0.1, -0.05) is 37.0 Å². The first-order valence-corrected chi connectivity index (χ1v) is 8.39. The number of carbonyl (C=O) groups excluding carboxylic acids is 1. The molecule has 0 bridgehead atoms. The van der Waals surface area contributed by atoms with Crippen molar-refractivity contribution in [3.63, 3.8) is 0 Å². The third-order valence-corrected chi connectivity index (χ3v) is 3.96. The van der Waals surface area contributed by atoms with Crippen molar-refractivity contribution in [1.82, 2.24) is 5.32 Å². The zero-order valence-electron chi connectivity index (χ0n) is 14.6. The molecule has 1 amide bonds. The fourth-order valence-electron chi connectivity index (χ4n) is 2.54. The molecule has 0 spiro atoms. The van der Waals surface area contributed by atoms with Gasteiger partial charge in [0.25, 0.3) is 0 Å². The molecule has 7 heteroatoms. The molecule has 0 heterocycles. The van der Waals surface area contributed by atoms with Gasteiger partial charge >= 0.3 is 11.9 Å². The zero-order chi connectivity index (χ0) is 18.8. The van der Waals surface area contributed by atoms with Crippen molar-refractivity contribution in [3.05, 3.63) is 29.8 Å². The van der Waals surface area contributed by atoms with E-state index in [4.69, 9.17) is 19.8 Å². The predicted octanol–water partition coefficient (Wildman–Crippen LogP) is 2.40. The Kier molecular flexibility index (Phi) is 8.46. The summed E-state index contributed by atoms with van der Waals surface area (Å²) in [5.41, 5.74) is 2.22. The summed E-state index contributed by atoms with van der Waals surface area (Å²) in [7, 11) is 0. The van der Waals surface area contributed by atoms with Crippen molar-refractivity contribution in [2.24, 2.45) is 0 Å². The van der Waals surface area contributed by atoms with Crippen LogP contribution >= 0.6 is 0 Å². The molecule has 1 saturated carbocycles. The lowest BCUT2D eigenvalue weighted by atomic mass is 9.95. The molecule has 1 aromatic carbocycles. The second-order valence-electron chi connectivity index (χ2n) is 6.19. The summed E-state index contributed by atoms with van der Waals surface area (Å²) in [6.45, 7) is 3.97. The summed E-state index contributed by atoms with van der Waals surface area (Å²) in [5, 5.41) is 21.2. The first kappa shape index (κ1) is 20.5. The van der Waals surface area contributed by atoms with Crippen LogP contribution in [-0.4, -0.2) is 40.1 Å². The summed E-state index contributed by atoms with van der Waals surface area (Å²) < 4.78 is 0. The van der Waals surface area contributed by atoms with Gasteiger partial charge in [0.15, 0.2) is 0 Å². The lowest BCUT2D eigenvalue weighted by Gasteiger charge is -2.25. The van der Waals surface area contributed by atoms with E-state index in [1.165, 1.54) is 24.8 Å². The maximum Gasteiger partial charge on any atom is 0.414 e. The van der Waals surface area contributed by atoms with Crippen LogP contribution in [0.25, 0.3) is 0 Å². The van der Waals surface area contributed by atoms with Crippen molar-refractivity contribution in [2.75, 3.05) is 5.32 Å². The Hall–Kier alpha value is -2.57. The van der Waals surface area contributed by atoms with Crippen molar-refractivity contribution in [1.29, 1.82) is 0 Å². The molecule has 1 fully saturated rings. The number of carboxylic acids is 2. The van der Waals surface area contributed by atoms with Crippen LogP contribution < -0.4 is 10.6 Å². The summed E-state index contributed by atoms with van der Waals surface area (Å²) >= 11 is 0. The third kappa shape index (κ3) is 8.19. The van der Waals surface area contributed by atoms with Gasteiger partial charge in [-0.15, -0.1) is 0 Å². The molecule has 25 heavy (non-hydrogen) atoms. The number of aliphatic carboxylic acids is 2. The molecule has 0 saturated heterocycles. The highest BCUT2D eigenvalue weighted by Gasteiger charge is 2.19. The molecule has 1 unspecified atom stereocenters. The van der Waals surface area contributed by atoms with Gasteiger partial charge in [0.2, 0.25) is 5.91 Å². The Bertz CT molecular complexity index is 568. The van der Waals surface area contributed by atoms with Crippen LogP contribution in [0.4, 0.5) is 5.69 Å². The second kappa shape index (κ2) is 10.3. The van der Waals surface area contributed by atoms with Gasteiger partial charge < -0.3 is 20.8 Å². The Labute approximate surface area is 147 Å². The highest BCUT2D eigenvalue weighted by Crippen LogP contribution is 2.17. The molecule has 0 aliphatic heterocycles. The molecule has 4 N–H and O–H groups in total. The first-order valence-electron chi connectivity index (χ1n) is 8.39. The number of rotatable bonds is 4. The molecular formula is C18H26N2O5. The highest BCUT2D eigenvalue weighted by atomic mass is 16.4. The van der Waals surface area contributed by atoms with Crippen LogP contribution in [0.15, 0.2) is 24.3 Å².